The number of unbranched alkanes of at least 4 members (excludes halogenated alkanes) is 1. The summed E-state index contributed by atoms with van der Waals surface area (Å²) >= 11 is 0. The Labute approximate surface area is 109 Å². The van der Waals surface area contributed by atoms with Crippen molar-refractivity contribution in [2.75, 3.05) is 6.54 Å². The highest BCUT2D eigenvalue weighted by Gasteiger charge is 2.37. The van der Waals surface area contributed by atoms with E-state index in [4.69, 9.17) is 5.11 Å². The number of hydrogen-bond donors (Lipinski definition) is 2. The molecule has 0 saturated heterocycles. The highest BCUT2D eigenvalue weighted by molar-refractivity contribution is 5.82. The second-order valence-electron chi connectivity index (χ2n) is 5.81. The van der Waals surface area contributed by atoms with Crippen LogP contribution < -0.4 is 5.32 Å². The largest absolute Gasteiger partial charge is 0.481 e. The van der Waals surface area contributed by atoms with E-state index in [0.29, 0.717) is 18.9 Å². The molecule has 0 bridgehead atoms. The van der Waals surface area contributed by atoms with Gasteiger partial charge < -0.3 is 10.4 Å². The molecule has 0 spiro atoms. The number of carboxylic acids is 1. The smallest absolute Gasteiger partial charge is 0.303 e. The highest BCUT2D eigenvalue weighted by Crippen LogP contribution is 2.39. The molecular weight excluding hydrogens is 230 g/mol. The minimum atomic E-state index is -0.771. The second kappa shape index (κ2) is 6.76. The minimum Gasteiger partial charge on any atom is -0.481 e. The van der Waals surface area contributed by atoms with E-state index in [1.54, 1.807) is 0 Å². The van der Waals surface area contributed by atoms with Crippen LogP contribution in [-0.2, 0) is 9.59 Å². The molecule has 0 aliphatic heterocycles. The normalized spacial score (nSPS) is 16.8. The second-order valence-corrected chi connectivity index (χ2v) is 5.81. The molecule has 0 aromatic carbocycles. The zero-order chi connectivity index (χ0) is 13.6. The maximum atomic E-state index is 12.1. The monoisotopic (exact) mass is 255 g/mol. The van der Waals surface area contributed by atoms with E-state index in [0.717, 1.165) is 19.3 Å². The summed E-state index contributed by atoms with van der Waals surface area (Å²) in [5, 5.41) is 11.4. The van der Waals surface area contributed by atoms with Crippen molar-refractivity contribution in [2.24, 2.45) is 11.3 Å². The van der Waals surface area contributed by atoms with Crippen molar-refractivity contribution in [3.05, 3.63) is 0 Å². The van der Waals surface area contributed by atoms with Crippen LogP contribution >= 0.6 is 0 Å². The summed E-state index contributed by atoms with van der Waals surface area (Å²) in [7, 11) is 0. The van der Waals surface area contributed by atoms with Gasteiger partial charge in [-0.15, -0.1) is 0 Å². The van der Waals surface area contributed by atoms with Gasteiger partial charge in [-0.3, -0.25) is 9.59 Å². The van der Waals surface area contributed by atoms with Crippen LogP contribution in [0.4, 0.5) is 0 Å². The zero-order valence-electron chi connectivity index (χ0n) is 11.5. The number of aliphatic carboxylic acids is 1. The summed E-state index contributed by atoms with van der Waals surface area (Å²) in [6.07, 6.45) is 6.32. The Morgan fingerprint density at radius 1 is 1.22 bits per heavy atom. The molecule has 1 aliphatic carbocycles. The van der Waals surface area contributed by atoms with Crippen LogP contribution in [0.3, 0.4) is 0 Å². The number of amides is 1. The molecule has 1 amide bonds. The first kappa shape index (κ1) is 15.0. The number of nitrogens with one attached hydrogen (secondary N) is 1. The molecule has 1 saturated carbocycles. The van der Waals surface area contributed by atoms with Gasteiger partial charge in [0.25, 0.3) is 0 Å². The number of carbonyl (C=O) groups excluding carboxylic acids is 1. The lowest BCUT2D eigenvalue weighted by Crippen LogP contribution is -2.41. The first-order valence-electron chi connectivity index (χ1n) is 6.94. The Morgan fingerprint density at radius 3 is 2.39 bits per heavy atom. The van der Waals surface area contributed by atoms with Crippen molar-refractivity contribution in [1.82, 2.24) is 5.32 Å². The quantitative estimate of drug-likeness (QED) is 0.687. The van der Waals surface area contributed by atoms with Crippen molar-refractivity contribution < 1.29 is 14.7 Å². The van der Waals surface area contributed by atoms with Crippen LogP contribution in [0.25, 0.3) is 0 Å². The Kier molecular flexibility index (Phi) is 5.63. The van der Waals surface area contributed by atoms with Crippen molar-refractivity contribution >= 4 is 11.9 Å². The summed E-state index contributed by atoms with van der Waals surface area (Å²) in [5.74, 6) is -0.158. The summed E-state index contributed by atoms with van der Waals surface area (Å²) in [6.45, 7) is 4.63. The number of carbonyl (C=O) groups is 2. The fourth-order valence-electron chi connectivity index (χ4n) is 2.66. The van der Waals surface area contributed by atoms with Crippen LogP contribution in [0.5, 0.6) is 0 Å². The SMILES string of the molecule is CC(C)(C(=O)NCCCCC(=O)O)C1CCCC1. The van der Waals surface area contributed by atoms with E-state index in [9.17, 15) is 9.59 Å². The fourth-order valence-corrected chi connectivity index (χ4v) is 2.66. The van der Waals surface area contributed by atoms with E-state index < -0.39 is 5.97 Å². The molecule has 4 heteroatoms. The van der Waals surface area contributed by atoms with E-state index in [1.807, 2.05) is 13.8 Å². The van der Waals surface area contributed by atoms with Gasteiger partial charge in [0, 0.05) is 18.4 Å². The topological polar surface area (TPSA) is 66.4 Å². The summed E-state index contributed by atoms with van der Waals surface area (Å²) in [5.41, 5.74) is -0.288. The lowest BCUT2D eigenvalue weighted by atomic mass is 9.77. The van der Waals surface area contributed by atoms with Gasteiger partial charge in [0.1, 0.15) is 0 Å². The third-order valence-electron chi connectivity index (χ3n) is 4.06. The van der Waals surface area contributed by atoms with Gasteiger partial charge in [0.2, 0.25) is 5.91 Å². The summed E-state index contributed by atoms with van der Waals surface area (Å²) in [4.78, 5) is 22.5. The van der Waals surface area contributed by atoms with E-state index in [-0.39, 0.29) is 17.7 Å². The molecule has 1 rings (SSSR count). The van der Waals surface area contributed by atoms with Gasteiger partial charge in [0.05, 0.1) is 0 Å². The van der Waals surface area contributed by atoms with Gasteiger partial charge in [-0.25, -0.2) is 0 Å². The Morgan fingerprint density at radius 2 is 1.83 bits per heavy atom. The third kappa shape index (κ3) is 4.31. The Bertz CT molecular complexity index is 293. The molecular formula is C14H25NO3. The van der Waals surface area contributed by atoms with Gasteiger partial charge in [-0.05, 0) is 31.6 Å². The van der Waals surface area contributed by atoms with Gasteiger partial charge >= 0.3 is 5.97 Å². The minimum absolute atomic E-state index is 0.115. The van der Waals surface area contributed by atoms with Crippen LogP contribution in [0, 0.1) is 11.3 Å². The van der Waals surface area contributed by atoms with E-state index >= 15 is 0 Å². The van der Waals surface area contributed by atoms with Gasteiger partial charge in [0.15, 0.2) is 0 Å². The molecule has 4 nitrogen and oxygen atoms in total. The average Bonchev–Trinajstić information content (AvgIpc) is 2.81. The van der Waals surface area contributed by atoms with Crippen LogP contribution in [0.15, 0.2) is 0 Å². The maximum absolute atomic E-state index is 12.1. The van der Waals surface area contributed by atoms with Gasteiger partial charge in [-0.2, -0.15) is 0 Å². The molecule has 104 valence electrons. The molecule has 0 heterocycles. The fraction of sp³-hybridized carbons (Fsp3) is 0.857. The van der Waals surface area contributed by atoms with Crippen molar-refractivity contribution in [2.45, 2.75) is 58.8 Å². The standard InChI is InChI=1S/C14H25NO3/c1-14(2,11-7-3-4-8-11)13(18)15-10-6-5-9-12(16)17/h11H,3-10H2,1-2H3,(H,15,18)(H,16,17). The zero-order valence-corrected chi connectivity index (χ0v) is 11.5. The van der Waals surface area contributed by atoms with E-state index in [2.05, 4.69) is 5.32 Å². The lowest BCUT2D eigenvalue weighted by Gasteiger charge is -2.30. The molecule has 0 atom stereocenters. The predicted octanol–water partition coefficient (Wildman–Crippen LogP) is 2.57. The average molecular weight is 255 g/mol. The maximum Gasteiger partial charge on any atom is 0.303 e. The molecule has 0 radical (unpaired) electrons. The van der Waals surface area contributed by atoms with Crippen LogP contribution in [-0.4, -0.2) is 23.5 Å². The van der Waals surface area contributed by atoms with Gasteiger partial charge in [-0.1, -0.05) is 26.7 Å². The first-order chi connectivity index (χ1) is 8.44. The van der Waals surface area contributed by atoms with Crippen molar-refractivity contribution in [3.8, 4) is 0 Å². The number of carboxylic acid groups (broad SMARTS) is 1. The summed E-state index contributed by atoms with van der Waals surface area (Å²) < 4.78 is 0. The molecule has 2 N–H and O–H groups in total. The van der Waals surface area contributed by atoms with E-state index in [1.165, 1.54) is 12.8 Å². The molecule has 1 fully saturated rings. The molecule has 1 aliphatic rings. The predicted molar refractivity (Wildman–Crippen MR) is 70.2 cm³/mol. The van der Waals surface area contributed by atoms with Crippen LogP contribution in [0.2, 0.25) is 0 Å². The first-order valence-corrected chi connectivity index (χ1v) is 6.94. The molecule has 0 aromatic rings. The van der Waals surface area contributed by atoms with Crippen molar-refractivity contribution in [1.29, 1.82) is 0 Å². The third-order valence-corrected chi connectivity index (χ3v) is 4.06. The highest BCUT2D eigenvalue weighted by atomic mass is 16.4. The molecule has 0 aromatic heterocycles. The number of rotatable bonds is 7. The Balaban J connectivity index is 2.24. The lowest BCUT2D eigenvalue weighted by molar-refractivity contribution is -0.137. The van der Waals surface area contributed by atoms with Crippen molar-refractivity contribution in [3.63, 3.8) is 0 Å². The Hall–Kier alpha value is -1.06. The summed E-state index contributed by atoms with van der Waals surface area (Å²) in [6, 6.07) is 0. The van der Waals surface area contributed by atoms with Crippen LogP contribution in [0.1, 0.15) is 58.8 Å². The molecule has 18 heavy (non-hydrogen) atoms. The molecule has 0 unspecified atom stereocenters. The number of hydrogen-bond acceptors (Lipinski definition) is 2.